The van der Waals surface area contributed by atoms with Crippen LogP contribution in [0.3, 0.4) is 0 Å². The maximum Gasteiger partial charge on any atom is 0.274 e. The summed E-state index contributed by atoms with van der Waals surface area (Å²) in [5.41, 5.74) is 0.644. The highest BCUT2D eigenvalue weighted by Crippen LogP contribution is 2.16. The van der Waals surface area contributed by atoms with Crippen molar-refractivity contribution in [1.82, 2.24) is 14.7 Å². The second-order valence-corrected chi connectivity index (χ2v) is 5.13. The first-order chi connectivity index (χ1) is 9.16. The number of hydrogen-bond acceptors (Lipinski definition) is 2. The van der Waals surface area contributed by atoms with Crippen molar-refractivity contribution >= 4 is 16.8 Å². The zero-order valence-electron chi connectivity index (χ0n) is 10.9. The van der Waals surface area contributed by atoms with Crippen molar-refractivity contribution in [3.8, 4) is 0 Å². The molecule has 19 heavy (non-hydrogen) atoms. The van der Waals surface area contributed by atoms with Crippen molar-refractivity contribution in [3.05, 3.63) is 34.6 Å². The zero-order chi connectivity index (χ0) is 13.4. The molecule has 1 aliphatic heterocycles. The minimum atomic E-state index is -0.129. The fourth-order valence-electron chi connectivity index (χ4n) is 2.75. The van der Waals surface area contributed by atoms with E-state index in [4.69, 9.17) is 0 Å². The Kier molecular flexibility index (Phi) is 2.89. The van der Waals surface area contributed by atoms with Gasteiger partial charge in [-0.05, 0) is 31.9 Å². The van der Waals surface area contributed by atoms with Crippen molar-refractivity contribution in [2.75, 3.05) is 6.54 Å². The van der Waals surface area contributed by atoms with Crippen molar-refractivity contribution in [2.24, 2.45) is 0 Å². The molecule has 0 radical (unpaired) electrons. The first-order valence-electron chi connectivity index (χ1n) is 6.64. The molecule has 5 heteroatoms. The summed E-state index contributed by atoms with van der Waals surface area (Å²) in [4.78, 5) is 26.2. The van der Waals surface area contributed by atoms with Crippen molar-refractivity contribution < 1.29 is 4.79 Å². The van der Waals surface area contributed by atoms with Crippen LogP contribution in [0.5, 0.6) is 0 Å². The van der Waals surface area contributed by atoms with Gasteiger partial charge in [0, 0.05) is 12.6 Å². The molecule has 1 unspecified atom stereocenters. The van der Waals surface area contributed by atoms with E-state index in [2.05, 4.69) is 12.0 Å². The summed E-state index contributed by atoms with van der Waals surface area (Å²) in [7, 11) is 0. The molecular formula is C14H17N3O2. The summed E-state index contributed by atoms with van der Waals surface area (Å²) < 4.78 is 1.40. The van der Waals surface area contributed by atoms with Gasteiger partial charge in [0.15, 0.2) is 0 Å². The molecule has 2 heterocycles. The van der Waals surface area contributed by atoms with Gasteiger partial charge in [0.1, 0.15) is 6.54 Å². The number of amides is 1. The number of hydrogen-bond donors (Lipinski definition) is 1. The van der Waals surface area contributed by atoms with Crippen LogP contribution < -0.4 is 5.56 Å². The third kappa shape index (κ3) is 2.05. The first kappa shape index (κ1) is 12.0. The number of fused-ring (bicyclic) bond motifs is 1. The first-order valence-corrected chi connectivity index (χ1v) is 6.64. The van der Waals surface area contributed by atoms with Crippen LogP contribution >= 0.6 is 0 Å². The van der Waals surface area contributed by atoms with Gasteiger partial charge in [-0.3, -0.25) is 14.7 Å². The summed E-state index contributed by atoms with van der Waals surface area (Å²) in [6.07, 6.45) is 2.10. The smallest absolute Gasteiger partial charge is 0.274 e. The third-order valence-corrected chi connectivity index (χ3v) is 3.82. The molecule has 1 aliphatic rings. The summed E-state index contributed by atoms with van der Waals surface area (Å²) >= 11 is 0. The monoisotopic (exact) mass is 259 g/mol. The lowest BCUT2D eigenvalue weighted by atomic mass is 10.2. The molecule has 1 aromatic carbocycles. The lowest BCUT2D eigenvalue weighted by Gasteiger charge is -2.21. The van der Waals surface area contributed by atoms with Crippen LogP contribution in [0.4, 0.5) is 0 Å². The zero-order valence-corrected chi connectivity index (χ0v) is 10.9. The highest BCUT2D eigenvalue weighted by molar-refractivity contribution is 5.80. The van der Waals surface area contributed by atoms with Crippen LogP contribution in [0, 0.1) is 0 Å². The number of carbonyl (C=O) groups is 1. The highest BCUT2D eigenvalue weighted by atomic mass is 16.2. The Morgan fingerprint density at radius 1 is 1.42 bits per heavy atom. The minimum absolute atomic E-state index is 0.0126. The van der Waals surface area contributed by atoms with Crippen LogP contribution in [0.15, 0.2) is 29.1 Å². The Balaban J connectivity index is 1.87. The van der Waals surface area contributed by atoms with Crippen LogP contribution in [0.2, 0.25) is 0 Å². The number of nitrogens with zero attached hydrogens (tertiary/aromatic N) is 2. The molecule has 1 fully saturated rings. The molecule has 100 valence electrons. The lowest BCUT2D eigenvalue weighted by Crippen LogP contribution is -2.38. The molecule has 2 aromatic rings. The summed E-state index contributed by atoms with van der Waals surface area (Å²) in [5.74, 6) is 0.0126. The molecule has 0 saturated carbocycles. The maximum atomic E-state index is 12.2. The average Bonchev–Trinajstić information content (AvgIpc) is 2.95. The number of aromatic amines is 1. The molecule has 0 spiro atoms. The standard InChI is InChI=1S/C14H17N3O2/c1-10-5-4-8-16(10)13(18)9-17-14(19)11-6-2-3-7-12(11)15-17/h2-3,6-7,10,15H,4-5,8-9H2,1H3. The number of likely N-dealkylation sites (tertiary alicyclic amines) is 1. The summed E-state index contributed by atoms with van der Waals surface area (Å²) in [6.45, 7) is 2.95. The van der Waals surface area contributed by atoms with Gasteiger partial charge >= 0.3 is 0 Å². The molecule has 0 aliphatic carbocycles. The second-order valence-electron chi connectivity index (χ2n) is 5.13. The van der Waals surface area contributed by atoms with Gasteiger partial charge in [-0.1, -0.05) is 12.1 Å². The molecule has 3 rings (SSSR count). The largest absolute Gasteiger partial charge is 0.338 e. The molecule has 0 bridgehead atoms. The van der Waals surface area contributed by atoms with Gasteiger partial charge in [-0.25, -0.2) is 4.68 Å². The van der Waals surface area contributed by atoms with E-state index >= 15 is 0 Å². The fourth-order valence-corrected chi connectivity index (χ4v) is 2.75. The summed E-state index contributed by atoms with van der Waals surface area (Å²) in [6, 6.07) is 7.59. The number of para-hydroxylation sites is 1. The summed E-state index contributed by atoms with van der Waals surface area (Å²) in [5, 5.41) is 3.62. The van der Waals surface area contributed by atoms with E-state index < -0.39 is 0 Å². The highest BCUT2D eigenvalue weighted by Gasteiger charge is 2.25. The van der Waals surface area contributed by atoms with Crippen molar-refractivity contribution in [3.63, 3.8) is 0 Å². The molecule has 1 saturated heterocycles. The fraction of sp³-hybridized carbons (Fsp3) is 0.429. The maximum absolute atomic E-state index is 12.2. The number of benzene rings is 1. The SMILES string of the molecule is CC1CCCN1C(=O)Cn1[nH]c2ccccc2c1=O. The van der Waals surface area contributed by atoms with Gasteiger partial charge in [0.2, 0.25) is 5.91 Å². The van der Waals surface area contributed by atoms with Gasteiger partial charge in [-0.15, -0.1) is 0 Å². The minimum Gasteiger partial charge on any atom is -0.338 e. The normalized spacial score (nSPS) is 19.2. The predicted molar refractivity (Wildman–Crippen MR) is 73.0 cm³/mol. The molecule has 1 aromatic heterocycles. The van der Waals surface area contributed by atoms with Gasteiger partial charge < -0.3 is 4.90 Å². The Labute approximate surface area is 110 Å². The van der Waals surface area contributed by atoms with E-state index in [0.29, 0.717) is 5.39 Å². The number of rotatable bonds is 2. The Morgan fingerprint density at radius 2 is 2.21 bits per heavy atom. The molecule has 1 amide bonds. The average molecular weight is 259 g/mol. The lowest BCUT2D eigenvalue weighted by molar-refractivity contribution is -0.132. The van der Waals surface area contributed by atoms with Crippen molar-refractivity contribution in [1.29, 1.82) is 0 Å². The molecule has 5 nitrogen and oxygen atoms in total. The molecular weight excluding hydrogens is 242 g/mol. The number of carbonyl (C=O) groups excluding carboxylic acids is 1. The topological polar surface area (TPSA) is 58.1 Å². The van der Waals surface area contributed by atoms with Gasteiger partial charge in [0.25, 0.3) is 5.56 Å². The number of aromatic nitrogens is 2. The molecule has 1 N–H and O–H groups in total. The van der Waals surface area contributed by atoms with E-state index in [1.807, 2.05) is 23.1 Å². The second kappa shape index (κ2) is 4.57. The Hall–Kier alpha value is -2.04. The van der Waals surface area contributed by atoms with Crippen LogP contribution in [-0.4, -0.2) is 33.2 Å². The number of H-pyrrole nitrogens is 1. The van der Waals surface area contributed by atoms with E-state index in [9.17, 15) is 9.59 Å². The van der Waals surface area contributed by atoms with Gasteiger partial charge in [-0.2, -0.15) is 0 Å². The quantitative estimate of drug-likeness (QED) is 0.884. The van der Waals surface area contributed by atoms with Gasteiger partial charge in [0.05, 0.1) is 10.9 Å². The third-order valence-electron chi connectivity index (χ3n) is 3.82. The predicted octanol–water partition coefficient (Wildman–Crippen LogP) is 1.34. The van der Waals surface area contributed by atoms with E-state index in [0.717, 1.165) is 24.9 Å². The Bertz CT molecular complexity index is 671. The van der Waals surface area contributed by atoms with E-state index in [1.165, 1.54) is 4.68 Å². The van der Waals surface area contributed by atoms with Crippen molar-refractivity contribution in [2.45, 2.75) is 32.4 Å². The van der Waals surface area contributed by atoms with Crippen LogP contribution in [-0.2, 0) is 11.3 Å². The van der Waals surface area contributed by atoms with Crippen LogP contribution in [0.25, 0.3) is 10.9 Å². The van der Waals surface area contributed by atoms with E-state index in [-0.39, 0.29) is 24.1 Å². The molecule has 1 atom stereocenters. The Morgan fingerprint density at radius 3 is 2.89 bits per heavy atom. The number of nitrogens with one attached hydrogen (secondary N) is 1. The van der Waals surface area contributed by atoms with Crippen LogP contribution in [0.1, 0.15) is 19.8 Å². The van der Waals surface area contributed by atoms with E-state index in [1.54, 1.807) is 6.07 Å².